The third-order valence-electron chi connectivity index (χ3n) is 3.98. The average molecular weight is 431 g/mol. The maximum Gasteiger partial charge on any atom is 0.144 e. The zero-order valence-electron chi connectivity index (χ0n) is 13.6. The molecule has 0 radical (unpaired) electrons. The molecule has 0 saturated carbocycles. The summed E-state index contributed by atoms with van der Waals surface area (Å²) in [5, 5.41) is 0. The Kier molecular flexibility index (Phi) is 6.33. The van der Waals surface area contributed by atoms with Crippen molar-refractivity contribution in [3.05, 3.63) is 71.8 Å². The van der Waals surface area contributed by atoms with Gasteiger partial charge >= 0.3 is 0 Å². The van der Waals surface area contributed by atoms with E-state index in [1.807, 2.05) is 22.8 Å². The first-order valence-electron chi connectivity index (χ1n) is 7.51. The maximum absolute atomic E-state index is 6.16. The van der Waals surface area contributed by atoms with Crippen LogP contribution >= 0.6 is 33.8 Å². The van der Waals surface area contributed by atoms with E-state index >= 15 is 0 Å². The van der Waals surface area contributed by atoms with Gasteiger partial charge in [0.1, 0.15) is 11.1 Å². The first-order chi connectivity index (χ1) is 11.5. The van der Waals surface area contributed by atoms with Crippen LogP contribution in [-0.2, 0) is 36.7 Å². The highest BCUT2D eigenvalue weighted by molar-refractivity contribution is 8.81. The molecule has 1 fully saturated rings. The van der Waals surface area contributed by atoms with Gasteiger partial charge in [-0.15, -0.1) is 0 Å². The van der Waals surface area contributed by atoms with Crippen LogP contribution < -0.4 is 0 Å². The van der Waals surface area contributed by atoms with Crippen LogP contribution in [0.25, 0.3) is 0 Å². The molecule has 3 rings (SSSR count). The molecule has 0 spiro atoms. The second kappa shape index (κ2) is 7.94. The van der Waals surface area contributed by atoms with Crippen LogP contribution in [0.5, 0.6) is 0 Å². The van der Waals surface area contributed by atoms with Gasteiger partial charge in [0.25, 0.3) is 0 Å². The van der Waals surface area contributed by atoms with Crippen LogP contribution in [0.1, 0.15) is 11.1 Å². The third kappa shape index (κ3) is 3.45. The van der Waals surface area contributed by atoms with Crippen LogP contribution in [0.15, 0.2) is 60.7 Å². The molecule has 1 saturated heterocycles. The highest BCUT2D eigenvalue weighted by Crippen LogP contribution is 2.94. The Labute approximate surface area is 163 Å². The fourth-order valence-electron chi connectivity index (χ4n) is 2.72. The van der Waals surface area contributed by atoms with E-state index in [1.54, 1.807) is 0 Å². The summed E-state index contributed by atoms with van der Waals surface area (Å²) in [5.74, 6) is 0. The first kappa shape index (κ1) is 19.1. The molecule has 0 aliphatic carbocycles. The van der Waals surface area contributed by atoms with E-state index in [4.69, 9.17) is 23.6 Å². The van der Waals surface area contributed by atoms with E-state index in [-0.39, 0.29) is 0 Å². The van der Waals surface area contributed by atoms with E-state index in [2.05, 4.69) is 82.1 Å². The molecule has 2 aromatic carbocycles. The average Bonchev–Trinajstić information content (AvgIpc) is 2.65. The minimum Gasteiger partial charge on any atom is -0.201 e. The minimum absolute atomic E-state index is 0.863. The van der Waals surface area contributed by atoms with Crippen molar-refractivity contribution in [1.82, 2.24) is 8.88 Å². The van der Waals surface area contributed by atoms with Gasteiger partial charge in [-0.05, 0) is 23.6 Å². The van der Waals surface area contributed by atoms with Crippen molar-refractivity contribution in [3.8, 4) is 0 Å². The Hall–Kier alpha value is 0.360. The SMILES string of the molecule is CSP1(=S)N(Cc2ccccc2)P(=S)(SC)N1Cc1ccccc1. The predicted octanol–water partition coefficient (Wildman–Crippen LogP) is 6.18. The summed E-state index contributed by atoms with van der Waals surface area (Å²) in [6, 6.07) is 21.1. The van der Waals surface area contributed by atoms with Gasteiger partial charge in [-0.25, -0.2) is 8.88 Å². The van der Waals surface area contributed by atoms with Crippen molar-refractivity contribution in [3.63, 3.8) is 0 Å². The summed E-state index contributed by atoms with van der Waals surface area (Å²) in [6.45, 7) is 1.73. The van der Waals surface area contributed by atoms with Gasteiger partial charge in [0, 0.05) is 13.1 Å². The number of rotatable bonds is 6. The molecule has 128 valence electrons. The van der Waals surface area contributed by atoms with Gasteiger partial charge in [0.15, 0.2) is 0 Å². The molecule has 2 aromatic rings. The van der Waals surface area contributed by atoms with Crippen molar-refractivity contribution in [1.29, 1.82) is 0 Å². The lowest BCUT2D eigenvalue weighted by atomic mass is 10.2. The summed E-state index contributed by atoms with van der Waals surface area (Å²) >= 11 is 15.9. The molecule has 1 aliphatic heterocycles. The van der Waals surface area contributed by atoms with Gasteiger partial charge < -0.3 is 0 Å². The number of nitrogens with zero attached hydrogens (tertiary/aromatic N) is 2. The lowest BCUT2D eigenvalue weighted by molar-refractivity contribution is 0.540. The fourth-order valence-corrected chi connectivity index (χ4v) is 25.5. The fraction of sp³-hybridized carbons (Fsp3) is 0.250. The van der Waals surface area contributed by atoms with Crippen molar-refractivity contribution in [2.45, 2.75) is 13.1 Å². The molecule has 0 unspecified atom stereocenters. The Morgan fingerprint density at radius 3 is 1.33 bits per heavy atom. The zero-order valence-corrected chi connectivity index (χ0v) is 18.7. The van der Waals surface area contributed by atoms with Gasteiger partial charge in [0.05, 0.1) is 0 Å². The molecule has 0 aromatic heterocycles. The molecular weight excluding hydrogens is 410 g/mol. The molecule has 1 heterocycles. The van der Waals surface area contributed by atoms with Crippen LogP contribution in [0.3, 0.4) is 0 Å². The molecule has 0 atom stereocenters. The summed E-state index contributed by atoms with van der Waals surface area (Å²) in [6.07, 6.45) is 4.27. The summed E-state index contributed by atoms with van der Waals surface area (Å²) in [5.41, 5.74) is -1.05. The van der Waals surface area contributed by atoms with Crippen LogP contribution in [0.4, 0.5) is 0 Å². The first-order valence-corrected chi connectivity index (χ1v) is 16.6. The van der Waals surface area contributed by atoms with Crippen molar-refractivity contribution < 1.29 is 0 Å². The van der Waals surface area contributed by atoms with Crippen LogP contribution in [-0.4, -0.2) is 21.4 Å². The topological polar surface area (TPSA) is 6.48 Å². The molecule has 2 nitrogen and oxygen atoms in total. The number of benzene rings is 2. The Morgan fingerprint density at radius 1 is 0.708 bits per heavy atom. The molecule has 0 amide bonds. The van der Waals surface area contributed by atoms with Crippen molar-refractivity contribution in [2.75, 3.05) is 12.5 Å². The second-order valence-electron chi connectivity index (χ2n) is 5.38. The standard InChI is InChI=1S/C16H20N2P2S4/c1-23-19(21)17(13-15-9-5-3-6-10-15)20(22,24-2)18(19)14-16-11-7-4-8-12-16/h3-12H,13-14H2,1-2H3. The van der Waals surface area contributed by atoms with Gasteiger partial charge in [0.2, 0.25) is 0 Å². The Bertz CT molecular complexity index is 702. The lowest BCUT2D eigenvalue weighted by Gasteiger charge is -2.60. The second-order valence-corrected chi connectivity index (χ2v) is 20.3. The molecule has 0 bridgehead atoms. The molecule has 8 heteroatoms. The Morgan fingerprint density at radius 2 is 1.04 bits per heavy atom. The normalized spacial score (nSPS) is 27.8. The van der Waals surface area contributed by atoms with Gasteiger partial charge in [-0.3, -0.25) is 0 Å². The van der Waals surface area contributed by atoms with E-state index in [0.717, 1.165) is 13.1 Å². The minimum atomic E-state index is -1.82. The van der Waals surface area contributed by atoms with Crippen molar-refractivity contribution in [2.24, 2.45) is 0 Å². The molecule has 24 heavy (non-hydrogen) atoms. The van der Waals surface area contributed by atoms with Gasteiger partial charge in [-0.2, -0.15) is 0 Å². The van der Waals surface area contributed by atoms with Gasteiger partial charge in [-0.1, -0.05) is 107 Å². The third-order valence-corrected chi connectivity index (χ3v) is 24.1. The predicted molar refractivity (Wildman–Crippen MR) is 120 cm³/mol. The maximum atomic E-state index is 6.16. The molecular formula is C16H20N2P2S4. The highest BCUT2D eigenvalue weighted by Gasteiger charge is 2.56. The van der Waals surface area contributed by atoms with E-state index in [1.165, 1.54) is 11.1 Å². The van der Waals surface area contributed by atoms with Crippen molar-refractivity contribution >= 4 is 57.5 Å². The lowest BCUT2D eigenvalue weighted by Crippen LogP contribution is -2.38. The largest absolute Gasteiger partial charge is 0.201 e. The van der Waals surface area contributed by atoms with E-state index in [0.29, 0.717) is 0 Å². The van der Waals surface area contributed by atoms with Crippen LogP contribution in [0.2, 0.25) is 0 Å². The van der Waals surface area contributed by atoms with Crippen LogP contribution in [0, 0.1) is 0 Å². The summed E-state index contributed by atoms with van der Waals surface area (Å²) in [7, 11) is 0. The smallest absolute Gasteiger partial charge is 0.144 e. The Balaban J connectivity index is 1.90. The molecule has 0 N–H and O–H groups in total. The quantitative estimate of drug-likeness (QED) is 0.501. The zero-order chi connectivity index (χ0) is 17.2. The summed E-state index contributed by atoms with van der Waals surface area (Å²) < 4.78 is 4.94. The van der Waals surface area contributed by atoms with E-state index in [9.17, 15) is 0 Å². The highest BCUT2D eigenvalue weighted by atomic mass is 33.0. The number of hydrogen-bond acceptors (Lipinski definition) is 4. The monoisotopic (exact) mass is 430 g/mol. The van der Waals surface area contributed by atoms with E-state index < -0.39 is 11.1 Å². The summed E-state index contributed by atoms with van der Waals surface area (Å²) in [4.78, 5) is 0. The number of hydrogen-bond donors (Lipinski definition) is 0. The molecule has 1 aliphatic rings.